The Balaban J connectivity index is 2.48. The highest BCUT2D eigenvalue weighted by molar-refractivity contribution is 5.78. The van der Waals surface area contributed by atoms with Crippen LogP contribution in [0.3, 0.4) is 0 Å². The van der Waals surface area contributed by atoms with E-state index in [1.807, 2.05) is 6.92 Å². The molecule has 0 bridgehead atoms. The highest BCUT2D eigenvalue weighted by atomic mass is 16.5. The second-order valence-electron chi connectivity index (χ2n) is 5.19. The first-order valence-electron chi connectivity index (χ1n) is 7.43. The van der Waals surface area contributed by atoms with Crippen molar-refractivity contribution < 1.29 is 4.74 Å². The van der Waals surface area contributed by atoms with Crippen LogP contribution in [-0.4, -0.2) is 45.4 Å². The molecule has 3 N–H and O–H groups in total. The molecule has 0 amide bonds. The molecule has 0 spiro atoms. The number of hydrogen-bond donors (Lipinski definition) is 2. The fraction of sp³-hybridized carbons (Fsp3) is 0.562. The van der Waals surface area contributed by atoms with E-state index < -0.39 is 0 Å². The molecule has 0 saturated heterocycles. The first-order valence-corrected chi connectivity index (χ1v) is 7.43. The van der Waals surface area contributed by atoms with Crippen LogP contribution < -0.4 is 16.0 Å². The number of methoxy groups -OCH3 is 1. The van der Waals surface area contributed by atoms with E-state index in [9.17, 15) is 0 Å². The minimum Gasteiger partial charge on any atom is -0.383 e. The van der Waals surface area contributed by atoms with Gasteiger partial charge < -0.3 is 20.7 Å². The van der Waals surface area contributed by atoms with Crippen molar-refractivity contribution in [2.45, 2.75) is 26.8 Å². The van der Waals surface area contributed by atoms with Gasteiger partial charge in [-0.05, 0) is 38.5 Å². The number of likely N-dealkylation sites (N-methyl/N-ethyl adjacent to an activating group) is 1. The minimum absolute atomic E-state index is 0.165. The van der Waals surface area contributed by atoms with Gasteiger partial charge in [-0.25, -0.2) is 0 Å². The zero-order valence-electron chi connectivity index (χ0n) is 13.6. The number of aryl methyl sites for hydroxylation is 1. The number of hydrogen-bond acceptors (Lipinski definition) is 3. The highest BCUT2D eigenvalue weighted by Crippen LogP contribution is 2.15. The Bertz CT molecular complexity index is 448. The second-order valence-corrected chi connectivity index (χ2v) is 5.19. The maximum atomic E-state index is 5.86. The number of anilines is 1. The summed E-state index contributed by atoms with van der Waals surface area (Å²) in [5.74, 6) is 0.472. The minimum atomic E-state index is 0.165. The summed E-state index contributed by atoms with van der Waals surface area (Å²) in [6.07, 6.45) is 0. The van der Waals surface area contributed by atoms with Gasteiger partial charge in [0, 0.05) is 31.9 Å². The quantitative estimate of drug-likeness (QED) is 0.566. The zero-order valence-corrected chi connectivity index (χ0v) is 13.6. The standard InChI is InChI=1S/C16H28N4O/c1-5-20(15-8-6-7-13(2)11-15)10-9-18-16(17)19-14(3)12-21-4/h6-8,11,14H,5,9-10,12H2,1-4H3,(H3,17,18,19). The third-order valence-electron chi connectivity index (χ3n) is 3.21. The van der Waals surface area contributed by atoms with E-state index in [-0.39, 0.29) is 6.04 Å². The van der Waals surface area contributed by atoms with Crippen molar-refractivity contribution in [1.82, 2.24) is 5.32 Å². The summed E-state index contributed by atoms with van der Waals surface area (Å²) in [7, 11) is 1.67. The Morgan fingerprint density at radius 1 is 1.48 bits per heavy atom. The van der Waals surface area contributed by atoms with Gasteiger partial charge in [0.25, 0.3) is 0 Å². The van der Waals surface area contributed by atoms with Crippen molar-refractivity contribution in [2.24, 2.45) is 10.7 Å². The Morgan fingerprint density at radius 2 is 2.24 bits per heavy atom. The van der Waals surface area contributed by atoms with Gasteiger partial charge in [0.05, 0.1) is 13.2 Å². The number of benzene rings is 1. The molecule has 1 rings (SSSR count). The van der Waals surface area contributed by atoms with Gasteiger partial charge in [-0.2, -0.15) is 0 Å². The lowest BCUT2D eigenvalue weighted by molar-refractivity contribution is 0.179. The molecular weight excluding hydrogens is 264 g/mol. The molecule has 5 nitrogen and oxygen atoms in total. The normalized spacial score (nSPS) is 13.0. The smallest absolute Gasteiger partial charge is 0.188 e. The Morgan fingerprint density at radius 3 is 2.86 bits per heavy atom. The third-order valence-corrected chi connectivity index (χ3v) is 3.21. The molecule has 118 valence electrons. The molecule has 0 aliphatic heterocycles. The average Bonchev–Trinajstić information content (AvgIpc) is 2.43. The van der Waals surface area contributed by atoms with Crippen LogP contribution >= 0.6 is 0 Å². The van der Waals surface area contributed by atoms with Crippen LogP contribution in [-0.2, 0) is 4.74 Å². The molecule has 1 aromatic rings. The van der Waals surface area contributed by atoms with Crippen molar-refractivity contribution in [1.29, 1.82) is 0 Å². The maximum absolute atomic E-state index is 5.86. The Kier molecular flexibility index (Phi) is 7.61. The summed E-state index contributed by atoms with van der Waals surface area (Å²) in [5, 5.41) is 3.11. The van der Waals surface area contributed by atoms with Crippen molar-refractivity contribution in [3.05, 3.63) is 29.8 Å². The van der Waals surface area contributed by atoms with E-state index in [0.29, 0.717) is 19.1 Å². The van der Waals surface area contributed by atoms with Crippen molar-refractivity contribution in [3.8, 4) is 0 Å². The Hall–Kier alpha value is -1.75. The predicted molar refractivity (Wildman–Crippen MR) is 90.0 cm³/mol. The predicted octanol–water partition coefficient (Wildman–Crippen LogP) is 1.76. The van der Waals surface area contributed by atoms with E-state index in [2.05, 4.69) is 53.3 Å². The summed E-state index contributed by atoms with van der Waals surface area (Å²) in [6, 6.07) is 8.67. The largest absolute Gasteiger partial charge is 0.383 e. The van der Waals surface area contributed by atoms with Gasteiger partial charge in [-0.1, -0.05) is 12.1 Å². The lowest BCUT2D eigenvalue weighted by Gasteiger charge is -2.22. The van der Waals surface area contributed by atoms with Crippen molar-refractivity contribution >= 4 is 11.6 Å². The number of aliphatic imine (C=N–C) groups is 1. The number of nitrogens with zero attached hydrogens (tertiary/aromatic N) is 2. The molecule has 0 fully saturated rings. The highest BCUT2D eigenvalue weighted by Gasteiger charge is 2.04. The van der Waals surface area contributed by atoms with Crippen LogP contribution in [0.5, 0.6) is 0 Å². The number of nitrogens with two attached hydrogens (primary N) is 1. The lowest BCUT2D eigenvalue weighted by atomic mass is 10.2. The molecule has 0 saturated carbocycles. The fourth-order valence-electron chi connectivity index (χ4n) is 2.18. The average molecular weight is 292 g/mol. The topological polar surface area (TPSA) is 62.9 Å². The molecule has 0 aromatic heterocycles. The van der Waals surface area contributed by atoms with Crippen molar-refractivity contribution in [2.75, 3.05) is 38.3 Å². The first-order chi connectivity index (χ1) is 10.1. The third kappa shape index (κ3) is 6.49. The summed E-state index contributed by atoms with van der Waals surface area (Å²) >= 11 is 0. The summed E-state index contributed by atoms with van der Waals surface area (Å²) in [5.41, 5.74) is 8.36. The SMILES string of the molecule is CCN(CCN=C(N)NC(C)COC)c1cccc(C)c1. The number of rotatable bonds is 8. The monoisotopic (exact) mass is 292 g/mol. The molecule has 1 aromatic carbocycles. The van der Waals surface area contributed by atoms with Gasteiger partial charge in [0.15, 0.2) is 5.96 Å². The van der Waals surface area contributed by atoms with Crippen LogP contribution in [0.4, 0.5) is 5.69 Å². The summed E-state index contributed by atoms with van der Waals surface area (Å²) in [4.78, 5) is 6.66. The number of nitrogens with one attached hydrogen (secondary N) is 1. The maximum Gasteiger partial charge on any atom is 0.188 e. The second kappa shape index (κ2) is 9.23. The molecule has 0 heterocycles. The molecule has 1 atom stereocenters. The number of guanidine groups is 1. The summed E-state index contributed by atoms with van der Waals surface area (Å²) in [6.45, 7) is 9.34. The molecular formula is C16H28N4O. The molecule has 0 aliphatic carbocycles. The lowest BCUT2D eigenvalue weighted by Crippen LogP contribution is -2.41. The van der Waals surface area contributed by atoms with Crippen LogP contribution in [0.1, 0.15) is 19.4 Å². The van der Waals surface area contributed by atoms with E-state index in [1.54, 1.807) is 7.11 Å². The Labute approximate surface area is 128 Å². The van der Waals surface area contributed by atoms with E-state index in [1.165, 1.54) is 11.3 Å². The van der Waals surface area contributed by atoms with Gasteiger partial charge in [0.2, 0.25) is 0 Å². The molecule has 0 radical (unpaired) electrons. The van der Waals surface area contributed by atoms with Gasteiger partial charge >= 0.3 is 0 Å². The summed E-state index contributed by atoms with van der Waals surface area (Å²) < 4.78 is 5.05. The van der Waals surface area contributed by atoms with Crippen LogP contribution in [0.2, 0.25) is 0 Å². The number of ether oxygens (including phenoxy) is 1. The van der Waals surface area contributed by atoms with E-state index >= 15 is 0 Å². The van der Waals surface area contributed by atoms with Crippen molar-refractivity contribution in [3.63, 3.8) is 0 Å². The van der Waals surface area contributed by atoms with Crippen LogP contribution in [0, 0.1) is 6.92 Å². The zero-order chi connectivity index (χ0) is 15.7. The first kappa shape index (κ1) is 17.3. The van der Waals surface area contributed by atoms with Crippen LogP contribution in [0.15, 0.2) is 29.3 Å². The fourth-order valence-corrected chi connectivity index (χ4v) is 2.18. The molecule has 1 unspecified atom stereocenters. The van der Waals surface area contributed by atoms with Gasteiger partial charge in [0.1, 0.15) is 0 Å². The molecule has 5 heteroatoms. The van der Waals surface area contributed by atoms with Crippen LogP contribution in [0.25, 0.3) is 0 Å². The molecule has 0 aliphatic rings. The van der Waals surface area contributed by atoms with E-state index in [0.717, 1.165) is 13.1 Å². The van der Waals surface area contributed by atoms with Gasteiger partial charge in [-0.15, -0.1) is 0 Å². The van der Waals surface area contributed by atoms with E-state index in [4.69, 9.17) is 10.5 Å². The van der Waals surface area contributed by atoms with Gasteiger partial charge in [-0.3, -0.25) is 4.99 Å². The molecule has 21 heavy (non-hydrogen) atoms.